The molecule has 1 aromatic carbocycles. The molecule has 0 saturated heterocycles. The number of nitrogens with zero attached hydrogens (tertiary/aromatic N) is 2. The molecule has 0 atom stereocenters. The van der Waals surface area contributed by atoms with Gasteiger partial charge in [0.2, 0.25) is 0 Å². The molecule has 0 fully saturated rings. The largest absolute Gasteiger partial charge is 0.383 e. The smallest absolute Gasteiger partial charge is 0.131 e. The maximum absolute atomic E-state index is 6.17. The van der Waals surface area contributed by atoms with Crippen LogP contribution in [0.25, 0.3) is 11.3 Å². The minimum Gasteiger partial charge on any atom is -0.383 e. The summed E-state index contributed by atoms with van der Waals surface area (Å²) in [5.74, 6) is 1.69. The zero-order valence-corrected chi connectivity index (χ0v) is 10.8. The van der Waals surface area contributed by atoms with Crippen LogP contribution in [0.5, 0.6) is 0 Å². The highest BCUT2D eigenvalue weighted by atomic mass is 35.5. The van der Waals surface area contributed by atoms with Crippen molar-refractivity contribution in [1.29, 1.82) is 0 Å². The molecule has 0 spiro atoms. The van der Waals surface area contributed by atoms with Gasteiger partial charge in [-0.15, -0.1) is 0 Å². The molecule has 4 heteroatoms. The Kier molecular flexibility index (Phi) is 3.38. The average Bonchev–Trinajstić information content (AvgIpc) is 2.66. The molecular formula is C13H16ClN3. The van der Waals surface area contributed by atoms with E-state index in [1.807, 2.05) is 28.8 Å². The van der Waals surface area contributed by atoms with E-state index in [9.17, 15) is 0 Å². The van der Waals surface area contributed by atoms with Crippen LogP contribution in [-0.4, -0.2) is 9.55 Å². The highest BCUT2D eigenvalue weighted by molar-refractivity contribution is 6.33. The molecule has 17 heavy (non-hydrogen) atoms. The van der Waals surface area contributed by atoms with Gasteiger partial charge in [0.05, 0.1) is 5.02 Å². The number of benzene rings is 1. The van der Waals surface area contributed by atoms with Gasteiger partial charge < -0.3 is 10.3 Å². The van der Waals surface area contributed by atoms with E-state index < -0.39 is 0 Å². The molecule has 0 radical (unpaired) electrons. The first kappa shape index (κ1) is 12.0. The lowest BCUT2D eigenvalue weighted by Gasteiger charge is -2.05. The first-order valence-electron chi connectivity index (χ1n) is 5.78. The minimum absolute atomic E-state index is 0.683. The molecule has 1 aromatic heterocycles. The summed E-state index contributed by atoms with van der Waals surface area (Å²) < 4.78 is 2.03. The highest BCUT2D eigenvalue weighted by Crippen LogP contribution is 2.31. The molecule has 0 saturated carbocycles. The number of anilines is 1. The highest BCUT2D eigenvalue weighted by Gasteiger charge is 2.15. The molecule has 0 aliphatic carbocycles. The molecule has 1 heterocycles. The number of aromatic nitrogens is 2. The molecule has 90 valence electrons. The van der Waals surface area contributed by atoms with Gasteiger partial charge in [-0.2, -0.15) is 0 Å². The maximum Gasteiger partial charge on any atom is 0.131 e. The number of nitrogen functional groups attached to an aromatic ring is 1. The van der Waals surface area contributed by atoms with E-state index in [0.717, 1.165) is 30.0 Å². The third kappa shape index (κ3) is 2.03. The molecule has 2 rings (SSSR count). The Hall–Kier alpha value is -1.48. The zero-order valence-electron chi connectivity index (χ0n) is 10.1. The van der Waals surface area contributed by atoms with Crippen molar-refractivity contribution in [2.45, 2.75) is 26.8 Å². The Morgan fingerprint density at radius 3 is 2.53 bits per heavy atom. The second kappa shape index (κ2) is 4.80. The third-order valence-corrected chi connectivity index (χ3v) is 3.18. The normalized spacial score (nSPS) is 10.8. The minimum atomic E-state index is 0.683. The fraction of sp³-hybridized carbons (Fsp3) is 0.308. The van der Waals surface area contributed by atoms with E-state index in [1.165, 1.54) is 0 Å². The van der Waals surface area contributed by atoms with Crippen LogP contribution in [0.1, 0.15) is 19.7 Å². The van der Waals surface area contributed by atoms with E-state index in [2.05, 4.69) is 18.8 Å². The molecule has 0 unspecified atom stereocenters. The average molecular weight is 250 g/mol. The van der Waals surface area contributed by atoms with E-state index >= 15 is 0 Å². The number of aryl methyl sites for hydroxylation is 1. The molecule has 0 aliphatic rings. The standard InChI is InChI=1S/C13H16ClN3/c1-3-11-16-12(13(15)17(11)4-2)9-7-5-6-8-10(9)14/h5-8H,3-4,15H2,1-2H3. The van der Waals surface area contributed by atoms with E-state index in [-0.39, 0.29) is 0 Å². The van der Waals surface area contributed by atoms with Crippen molar-refractivity contribution < 1.29 is 0 Å². The molecule has 2 N–H and O–H groups in total. The van der Waals surface area contributed by atoms with Gasteiger partial charge in [-0.05, 0) is 13.0 Å². The van der Waals surface area contributed by atoms with Gasteiger partial charge in [0.15, 0.2) is 0 Å². The van der Waals surface area contributed by atoms with Crippen molar-refractivity contribution >= 4 is 17.4 Å². The van der Waals surface area contributed by atoms with Crippen LogP contribution in [0.15, 0.2) is 24.3 Å². The summed E-state index contributed by atoms with van der Waals surface area (Å²) >= 11 is 6.17. The van der Waals surface area contributed by atoms with Crippen LogP contribution in [0.4, 0.5) is 5.82 Å². The van der Waals surface area contributed by atoms with Gasteiger partial charge in [0.25, 0.3) is 0 Å². The molecule has 3 nitrogen and oxygen atoms in total. The number of imidazole rings is 1. The second-order valence-electron chi connectivity index (χ2n) is 3.84. The molecule has 0 bridgehead atoms. The summed E-state index contributed by atoms with van der Waals surface area (Å²) in [5.41, 5.74) is 7.82. The Balaban J connectivity index is 2.61. The molecule has 2 aromatic rings. The fourth-order valence-corrected chi connectivity index (χ4v) is 2.21. The lowest BCUT2D eigenvalue weighted by molar-refractivity contribution is 0.713. The fourth-order valence-electron chi connectivity index (χ4n) is 1.99. The second-order valence-corrected chi connectivity index (χ2v) is 4.25. The van der Waals surface area contributed by atoms with E-state index in [1.54, 1.807) is 0 Å². The Labute approximate surface area is 106 Å². The van der Waals surface area contributed by atoms with Crippen molar-refractivity contribution in [2.75, 3.05) is 5.73 Å². The van der Waals surface area contributed by atoms with Crippen molar-refractivity contribution in [3.8, 4) is 11.3 Å². The van der Waals surface area contributed by atoms with Crippen LogP contribution in [0.2, 0.25) is 5.02 Å². The van der Waals surface area contributed by atoms with Crippen LogP contribution in [0.3, 0.4) is 0 Å². The van der Waals surface area contributed by atoms with Gasteiger partial charge >= 0.3 is 0 Å². The third-order valence-electron chi connectivity index (χ3n) is 2.85. The van der Waals surface area contributed by atoms with Crippen LogP contribution in [0, 0.1) is 0 Å². The predicted molar refractivity (Wildman–Crippen MR) is 72.1 cm³/mol. The number of rotatable bonds is 3. The molecule has 0 amide bonds. The molecular weight excluding hydrogens is 234 g/mol. The summed E-state index contributed by atoms with van der Waals surface area (Å²) in [5, 5.41) is 0.683. The lowest BCUT2D eigenvalue weighted by Crippen LogP contribution is -2.04. The van der Waals surface area contributed by atoms with Crippen LogP contribution >= 0.6 is 11.6 Å². The van der Waals surface area contributed by atoms with E-state index in [0.29, 0.717) is 10.8 Å². The summed E-state index contributed by atoms with van der Waals surface area (Å²) in [6.45, 7) is 4.96. The number of nitrogens with two attached hydrogens (primary N) is 1. The van der Waals surface area contributed by atoms with Gasteiger partial charge in [-0.3, -0.25) is 0 Å². The monoisotopic (exact) mass is 249 g/mol. The summed E-state index contributed by atoms with van der Waals surface area (Å²) in [6, 6.07) is 7.64. The van der Waals surface area contributed by atoms with Crippen molar-refractivity contribution in [3.05, 3.63) is 35.1 Å². The summed E-state index contributed by atoms with van der Waals surface area (Å²) in [4.78, 5) is 4.58. The number of halogens is 1. The van der Waals surface area contributed by atoms with Crippen LogP contribution in [-0.2, 0) is 13.0 Å². The predicted octanol–water partition coefficient (Wildman–Crippen LogP) is 3.37. The van der Waals surface area contributed by atoms with E-state index in [4.69, 9.17) is 17.3 Å². The van der Waals surface area contributed by atoms with Gasteiger partial charge in [-0.1, -0.05) is 36.7 Å². The van der Waals surface area contributed by atoms with Gasteiger partial charge in [0.1, 0.15) is 17.3 Å². The SMILES string of the molecule is CCc1nc(-c2ccccc2Cl)c(N)n1CC. The summed E-state index contributed by atoms with van der Waals surface area (Å²) in [6.07, 6.45) is 0.864. The maximum atomic E-state index is 6.17. The Bertz CT molecular complexity index is 531. The first-order valence-corrected chi connectivity index (χ1v) is 6.16. The number of hydrogen-bond acceptors (Lipinski definition) is 2. The number of hydrogen-bond donors (Lipinski definition) is 1. The van der Waals surface area contributed by atoms with Crippen molar-refractivity contribution in [2.24, 2.45) is 0 Å². The zero-order chi connectivity index (χ0) is 12.4. The lowest BCUT2D eigenvalue weighted by atomic mass is 10.1. The first-order chi connectivity index (χ1) is 8.19. The quantitative estimate of drug-likeness (QED) is 0.906. The molecule has 0 aliphatic heterocycles. The van der Waals surface area contributed by atoms with Gasteiger partial charge in [0, 0.05) is 18.5 Å². The Morgan fingerprint density at radius 2 is 2.00 bits per heavy atom. The van der Waals surface area contributed by atoms with Crippen molar-refractivity contribution in [3.63, 3.8) is 0 Å². The topological polar surface area (TPSA) is 43.8 Å². The van der Waals surface area contributed by atoms with Crippen LogP contribution < -0.4 is 5.73 Å². The van der Waals surface area contributed by atoms with Gasteiger partial charge in [-0.25, -0.2) is 4.98 Å². The Morgan fingerprint density at radius 1 is 1.29 bits per heavy atom. The van der Waals surface area contributed by atoms with Crippen molar-refractivity contribution in [1.82, 2.24) is 9.55 Å². The summed E-state index contributed by atoms with van der Waals surface area (Å²) in [7, 11) is 0.